The van der Waals surface area contributed by atoms with Gasteiger partial charge in [-0.15, -0.1) is 0 Å². The summed E-state index contributed by atoms with van der Waals surface area (Å²) in [6.07, 6.45) is 0.957. The van der Waals surface area contributed by atoms with Crippen molar-refractivity contribution in [2.45, 2.75) is 13.3 Å². The summed E-state index contributed by atoms with van der Waals surface area (Å²) < 4.78 is 22.6. The fourth-order valence-electron chi connectivity index (χ4n) is 2.13. The number of benzene rings is 1. The lowest BCUT2D eigenvalue weighted by molar-refractivity contribution is 0.0936. The number of sulfone groups is 1. The van der Waals surface area contributed by atoms with Gasteiger partial charge in [-0.1, -0.05) is 31.2 Å². The summed E-state index contributed by atoms with van der Waals surface area (Å²) in [5.41, 5.74) is 1.91. The number of nitrogens with zero attached hydrogens (tertiary/aromatic N) is 1. The lowest BCUT2D eigenvalue weighted by Gasteiger charge is -2.25. The van der Waals surface area contributed by atoms with E-state index in [1.807, 2.05) is 29.2 Å². The average Bonchev–Trinajstić information content (AvgIpc) is 2.41. The van der Waals surface area contributed by atoms with E-state index in [1.54, 1.807) is 0 Å². The molecule has 0 amide bonds. The van der Waals surface area contributed by atoms with Crippen molar-refractivity contribution in [3.63, 3.8) is 0 Å². The fraction of sp³-hybridized carbons (Fsp3) is 0.500. The smallest absolute Gasteiger partial charge is 0.176 e. The molecule has 0 bridgehead atoms. The summed E-state index contributed by atoms with van der Waals surface area (Å²) in [5, 5.41) is 0. The molecule has 1 aliphatic rings. The minimum atomic E-state index is -2.88. The number of carbonyl (C=O) groups is 1. The Kier molecular flexibility index (Phi) is 4.37. The molecule has 1 fully saturated rings. The van der Waals surface area contributed by atoms with Crippen LogP contribution in [0.25, 0.3) is 0 Å². The minimum Gasteiger partial charge on any atom is -0.294 e. The SMILES string of the molecule is CCc1ccc(C(=O)CN2CCS(=O)(=O)CC2)cc1. The van der Waals surface area contributed by atoms with Crippen molar-refractivity contribution in [1.29, 1.82) is 0 Å². The van der Waals surface area contributed by atoms with Gasteiger partial charge in [0.25, 0.3) is 0 Å². The number of rotatable bonds is 4. The van der Waals surface area contributed by atoms with Gasteiger partial charge in [-0.25, -0.2) is 8.42 Å². The van der Waals surface area contributed by atoms with E-state index in [2.05, 4.69) is 6.92 Å². The third kappa shape index (κ3) is 3.88. The van der Waals surface area contributed by atoms with Crippen LogP contribution in [0.2, 0.25) is 0 Å². The molecule has 0 spiro atoms. The van der Waals surface area contributed by atoms with E-state index in [4.69, 9.17) is 0 Å². The van der Waals surface area contributed by atoms with Gasteiger partial charge in [0.2, 0.25) is 0 Å². The molecule has 0 radical (unpaired) electrons. The van der Waals surface area contributed by atoms with Crippen LogP contribution in [0.3, 0.4) is 0 Å². The van der Waals surface area contributed by atoms with Crippen molar-refractivity contribution in [3.05, 3.63) is 35.4 Å². The van der Waals surface area contributed by atoms with E-state index in [-0.39, 0.29) is 17.3 Å². The van der Waals surface area contributed by atoms with E-state index in [0.717, 1.165) is 6.42 Å². The van der Waals surface area contributed by atoms with Crippen molar-refractivity contribution in [3.8, 4) is 0 Å². The van der Waals surface area contributed by atoms with Gasteiger partial charge in [-0.3, -0.25) is 9.69 Å². The molecule has 0 saturated carbocycles. The van der Waals surface area contributed by atoms with E-state index >= 15 is 0 Å². The summed E-state index contributed by atoms with van der Waals surface area (Å²) in [4.78, 5) is 14.0. The third-order valence-corrected chi connectivity index (χ3v) is 5.10. The number of ketones is 1. The summed E-state index contributed by atoms with van der Waals surface area (Å²) in [6.45, 7) is 3.30. The van der Waals surface area contributed by atoms with E-state index in [0.29, 0.717) is 25.2 Å². The molecule has 1 aromatic rings. The van der Waals surface area contributed by atoms with Crippen molar-refractivity contribution in [2.24, 2.45) is 0 Å². The zero-order chi connectivity index (χ0) is 13.9. The first kappa shape index (κ1) is 14.2. The Morgan fingerprint density at radius 2 is 1.74 bits per heavy atom. The third-order valence-electron chi connectivity index (χ3n) is 3.49. The Hall–Kier alpha value is -1.20. The van der Waals surface area contributed by atoms with Gasteiger partial charge in [0.15, 0.2) is 15.6 Å². The Balaban J connectivity index is 1.94. The molecule has 1 aromatic carbocycles. The maximum atomic E-state index is 12.1. The number of Topliss-reactive ketones (excluding diaryl/α,β-unsaturated/α-hetero) is 1. The molecule has 5 heteroatoms. The molecular formula is C14H19NO3S. The largest absolute Gasteiger partial charge is 0.294 e. The summed E-state index contributed by atoms with van der Waals surface area (Å²) in [7, 11) is -2.88. The van der Waals surface area contributed by atoms with Gasteiger partial charge in [0.1, 0.15) is 0 Å². The first-order chi connectivity index (χ1) is 9.00. The second-order valence-electron chi connectivity index (χ2n) is 4.90. The van der Waals surface area contributed by atoms with Crippen LogP contribution in [-0.4, -0.2) is 50.2 Å². The molecule has 0 aliphatic carbocycles. The Morgan fingerprint density at radius 1 is 1.16 bits per heavy atom. The lowest BCUT2D eigenvalue weighted by atomic mass is 10.1. The van der Waals surface area contributed by atoms with Crippen LogP contribution >= 0.6 is 0 Å². The Labute approximate surface area is 114 Å². The molecule has 4 nitrogen and oxygen atoms in total. The lowest BCUT2D eigenvalue weighted by Crippen LogP contribution is -2.42. The van der Waals surface area contributed by atoms with E-state index in [9.17, 15) is 13.2 Å². The second-order valence-corrected chi connectivity index (χ2v) is 7.21. The predicted molar refractivity (Wildman–Crippen MR) is 75.2 cm³/mol. The minimum absolute atomic E-state index is 0.0574. The van der Waals surface area contributed by atoms with Crippen molar-refractivity contribution in [2.75, 3.05) is 31.1 Å². The molecule has 0 atom stereocenters. The van der Waals surface area contributed by atoms with Gasteiger partial charge in [0.05, 0.1) is 18.1 Å². The van der Waals surface area contributed by atoms with Crippen LogP contribution < -0.4 is 0 Å². The zero-order valence-electron chi connectivity index (χ0n) is 11.1. The number of aryl methyl sites for hydroxylation is 1. The molecule has 19 heavy (non-hydrogen) atoms. The summed E-state index contributed by atoms with van der Waals surface area (Å²) in [5.74, 6) is 0.381. The van der Waals surface area contributed by atoms with Crippen LogP contribution in [0.5, 0.6) is 0 Å². The van der Waals surface area contributed by atoms with Gasteiger partial charge in [0, 0.05) is 18.7 Å². The molecule has 0 aromatic heterocycles. The second kappa shape index (κ2) is 5.84. The zero-order valence-corrected chi connectivity index (χ0v) is 11.9. The predicted octanol–water partition coefficient (Wildman–Crippen LogP) is 1.16. The molecule has 104 valence electrons. The van der Waals surface area contributed by atoms with Crippen LogP contribution in [0.4, 0.5) is 0 Å². The van der Waals surface area contributed by atoms with Crippen LogP contribution in [0.1, 0.15) is 22.8 Å². The number of carbonyl (C=O) groups excluding carboxylic acids is 1. The average molecular weight is 281 g/mol. The van der Waals surface area contributed by atoms with Crippen LogP contribution in [0.15, 0.2) is 24.3 Å². The molecular weight excluding hydrogens is 262 g/mol. The highest BCUT2D eigenvalue weighted by atomic mass is 32.2. The highest BCUT2D eigenvalue weighted by Gasteiger charge is 2.23. The van der Waals surface area contributed by atoms with Gasteiger partial charge < -0.3 is 0 Å². The van der Waals surface area contributed by atoms with Crippen molar-refractivity contribution >= 4 is 15.6 Å². The van der Waals surface area contributed by atoms with Crippen molar-refractivity contribution < 1.29 is 13.2 Å². The normalized spacial score (nSPS) is 19.2. The first-order valence-corrected chi connectivity index (χ1v) is 8.37. The van der Waals surface area contributed by atoms with Gasteiger partial charge in [-0.2, -0.15) is 0 Å². The van der Waals surface area contributed by atoms with Crippen LogP contribution in [0, 0.1) is 0 Å². The van der Waals surface area contributed by atoms with Crippen molar-refractivity contribution in [1.82, 2.24) is 4.90 Å². The van der Waals surface area contributed by atoms with Gasteiger partial charge >= 0.3 is 0 Å². The highest BCUT2D eigenvalue weighted by molar-refractivity contribution is 7.91. The fourth-order valence-corrected chi connectivity index (χ4v) is 3.41. The Bertz CT molecular complexity index is 535. The standard InChI is InChI=1S/C14H19NO3S/c1-2-12-3-5-13(6-4-12)14(16)11-15-7-9-19(17,18)10-8-15/h3-6H,2,7-11H2,1H3. The maximum Gasteiger partial charge on any atom is 0.176 e. The molecule has 1 saturated heterocycles. The molecule has 1 aliphatic heterocycles. The quantitative estimate of drug-likeness (QED) is 0.777. The number of hydrogen-bond donors (Lipinski definition) is 0. The summed E-state index contributed by atoms with van der Waals surface area (Å²) >= 11 is 0. The highest BCUT2D eigenvalue weighted by Crippen LogP contribution is 2.09. The van der Waals surface area contributed by atoms with Crippen LogP contribution in [-0.2, 0) is 16.3 Å². The molecule has 0 N–H and O–H groups in total. The molecule has 0 unspecified atom stereocenters. The van der Waals surface area contributed by atoms with Gasteiger partial charge in [-0.05, 0) is 12.0 Å². The Morgan fingerprint density at radius 3 is 2.26 bits per heavy atom. The molecule has 1 heterocycles. The number of hydrogen-bond acceptors (Lipinski definition) is 4. The monoisotopic (exact) mass is 281 g/mol. The first-order valence-electron chi connectivity index (χ1n) is 6.55. The summed E-state index contributed by atoms with van der Waals surface area (Å²) in [6, 6.07) is 7.63. The maximum absolute atomic E-state index is 12.1. The molecule has 2 rings (SSSR count). The van der Waals surface area contributed by atoms with E-state index in [1.165, 1.54) is 5.56 Å². The topological polar surface area (TPSA) is 54.5 Å². The van der Waals surface area contributed by atoms with E-state index < -0.39 is 9.84 Å².